The van der Waals surface area contributed by atoms with Crippen molar-refractivity contribution < 1.29 is 9.90 Å². The summed E-state index contributed by atoms with van der Waals surface area (Å²) < 4.78 is 0. The van der Waals surface area contributed by atoms with Gasteiger partial charge in [0.15, 0.2) is 5.12 Å². The van der Waals surface area contributed by atoms with Crippen molar-refractivity contribution in [3.8, 4) is 0 Å². The Hall–Kier alpha value is -0.0200. The van der Waals surface area contributed by atoms with Gasteiger partial charge in [-0.05, 0) is 11.8 Å². The molecule has 1 heterocycles. The molecule has 0 aliphatic carbocycles. The normalized spacial score (nSPS) is 27.7. The van der Waals surface area contributed by atoms with Gasteiger partial charge in [0, 0.05) is 5.75 Å². The minimum absolute atomic E-state index is 0.130. The SMILES string of the molecule is CC(C)(C)[C@@H](O)[C@H]1CCSC1=O. The molecule has 1 aliphatic heterocycles. The fourth-order valence-corrected chi connectivity index (χ4v) is 2.44. The number of rotatable bonds is 1. The van der Waals surface area contributed by atoms with Crippen molar-refractivity contribution in [1.82, 2.24) is 0 Å². The molecule has 1 aliphatic rings. The van der Waals surface area contributed by atoms with Gasteiger partial charge in [-0.15, -0.1) is 0 Å². The quantitative estimate of drug-likeness (QED) is 0.680. The van der Waals surface area contributed by atoms with Gasteiger partial charge in [0.25, 0.3) is 0 Å². The Bertz CT molecular complexity index is 183. The summed E-state index contributed by atoms with van der Waals surface area (Å²) >= 11 is 1.35. The lowest BCUT2D eigenvalue weighted by molar-refractivity contribution is -0.119. The van der Waals surface area contributed by atoms with Crippen molar-refractivity contribution >= 4 is 16.9 Å². The van der Waals surface area contributed by atoms with Crippen LogP contribution in [0.1, 0.15) is 27.2 Å². The molecule has 0 radical (unpaired) electrons. The van der Waals surface area contributed by atoms with E-state index in [2.05, 4.69) is 0 Å². The van der Waals surface area contributed by atoms with Crippen LogP contribution in [0.5, 0.6) is 0 Å². The Morgan fingerprint density at radius 3 is 2.50 bits per heavy atom. The van der Waals surface area contributed by atoms with Gasteiger partial charge >= 0.3 is 0 Å². The van der Waals surface area contributed by atoms with Crippen molar-refractivity contribution in [2.24, 2.45) is 11.3 Å². The average molecular weight is 188 g/mol. The van der Waals surface area contributed by atoms with E-state index in [4.69, 9.17) is 0 Å². The van der Waals surface area contributed by atoms with Crippen LogP contribution in [-0.4, -0.2) is 22.1 Å². The van der Waals surface area contributed by atoms with E-state index < -0.39 is 6.10 Å². The first kappa shape index (κ1) is 10.1. The predicted molar refractivity (Wildman–Crippen MR) is 51.0 cm³/mol. The van der Waals surface area contributed by atoms with Gasteiger partial charge < -0.3 is 5.11 Å². The highest BCUT2D eigenvalue weighted by atomic mass is 32.2. The molecule has 0 aromatic heterocycles. The first-order valence-corrected chi connectivity index (χ1v) is 5.26. The summed E-state index contributed by atoms with van der Waals surface area (Å²) in [5.74, 6) is 0.742. The summed E-state index contributed by atoms with van der Waals surface area (Å²) in [6.45, 7) is 5.90. The molecule has 0 aromatic rings. The second-order valence-electron chi connectivity index (χ2n) is 4.37. The maximum atomic E-state index is 11.3. The Balaban J connectivity index is 2.63. The zero-order valence-corrected chi connectivity index (χ0v) is 8.65. The highest BCUT2D eigenvalue weighted by Crippen LogP contribution is 2.35. The van der Waals surface area contributed by atoms with Gasteiger partial charge in [0.05, 0.1) is 12.0 Å². The topological polar surface area (TPSA) is 37.3 Å². The van der Waals surface area contributed by atoms with Gasteiger partial charge in [0.1, 0.15) is 0 Å². The van der Waals surface area contributed by atoms with Crippen LogP contribution >= 0.6 is 11.8 Å². The van der Waals surface area contributed by atoms with Crippen LogP contribution < -0.4 is 0 Å². The number of carbonyl (C=O) groups is 1. The summed E-state index contributed by atoms with van der Waals surface area (Å²) in [5.41, 5.74) is -0.175. The van der Waals surface area contributed by atoms with Crippen LogP contribution in [0.4, 0.5) is 0 Å². The summed E-state index contributed by atoms with van der Waals surface area (Å²) in [6.07, 6.45) is 0.349. The van der Waals surface area contributed by atoms with Gasteiger partial charge in [-0.25, -0.2) is 0 Å². The van der Waals surface area contributed by atoms with Crippen molar-refractivity contribution in [3.05, 3.63) is 0 Å². The van der Waals surface area contributed by atoms with E-state index in [-0.39, 0.29) is 16.4 Å². The predicted octanol–water partition coefficient (Wildman–Crippen LogP) is 1.67. The molecule has 0 aromatic carbocycles. The molecule has 0 saturated carbocycles. The van der Waals surface area contributed by atoms with E-state index in [1.54, 1.807) is 0 Å². The Morgan fingerprint density at radius 1 is 1.58 bits per heavy atom. The molecule has 70 valence electrons. The zero-order chi connectivity index (χ0) is 9.35. The number of hydrogen-bond donors (Lipinski definition) is 1. The fourth-order valence-electron chi connectivity index (χ4n) is 1.40. The standard InChI is InChI=1S/C9H16O2S/c1-9(2,3)7(10)6-4-5-12-8(6)11/h6-7,10H,4-5H2,1-3H3/t6-,7+/m1/s1. The van der Waals surface area contributed by atoms with Crippen molar-refractivity contribution in [2.45, 2.75) is 33.3 Å². The third-order valence-corrected chi connectivity index (χ3v) is 3.27. The van der Waals surface area contributed by atoms with Crippen LogP contribution in [-0.2, 0) is 4.79 Å². The summed E-state index contributed by atoms with van der Waals surface area (Å²) in [7, 11) is 0. The van der Waals surface area contributed by atoms with E-state index in [0.717, 1.165) is 12.2 Å². The van der Waals surface area contributed by atoms with Gasteiger partial charge in [0.2, 0.25) is 0 Å². The smallest absolute Gasteiger partial charge is 0.194 e. The highest BCUT2D eigenvalue weighted by molar-refractivity contribution is 8.14. The van der Waals surface area contributed by atoms with Gasteiger partial charge in [-0.1, -0.05) is 32.5 Å². The van der Waals surface area contributed by atoms with Crippen LogP contribution in [0.15, 0.2) is 0 Å². The fraction of sp³-hybridized carbons (Fsp3) is 0.889. The number of hydrogen-bond acceptors (Lipinski definition) is 3. The molecule has 1 N–H and O–H groups in total. The van der Waals surface area contributed by atoms with E-state index in [9.17, 15) is 9.90 Å². The van der Waals surface area contributed by atoms with Crippen LogP contribution in [0.2, 0.25) is 0 Å². The molecule has 0 bridgehead atoms. The van der Waals surface area contributed by atoms with E-state index >= 15 is 0 Å². The van der Waals surface area contributed by atoms with Crippen LogP contribution in [0.25, 0.3) is 0 Å². The second kappa shape index (κ2) is 3.38. The summed E-state index contributed by atoms with van der Waals surface area (Å²) in [6, 6.07) is 0. The Morgan fingerprint density at radius 2 is 2.17 bits per heavy atom. The molecule has 1 fully saturated rings. The second-order valence-corrected chi connectivity index (χ2v) is 5.47. The van der Waals surface area contributed by atoms with Gasteiger partial charge in [-0.2, -0.15) is 0 Å². The molecule has 1 rings (SSSR count). The lowest BCUT2D eigenvalue weighted by Gasteiger charge is -2.29. The van der Waals surface area contributed by atoms with Crippen LogP contribution in [0.3, 0.4) is 0 Å². The average Bonchev–Trinajstić information content (AvgIpc) is 2.31. The van der Waals surface area contributed by atoms with Crippen molar-refractivity contribution in [2.75, 3.05) is 5.75 Å². The third kappa shape index (κ3) is 2.02. The Labute approximate surface area is 77.7 Å². The van der Waals surface area contributed by atoms with E-state index in [0.29, 0.717) is 0 Å². The van der Waals surface area contributed by atoms with Gasteiger partial charge in [-0.3, -0.25) is 4.79 Å². The molecular formula is C9H16O2S. The molecule has 12 heavy (non-hydrogen) atoms. The van der Waals surface area contributed by atoms with Crippen molar-refractivity contribution in [1.29, 1.82) is 0 Å². The molecule has 2 atom stereocenters. The third-order valence-electron chi connectivity index (χ3n) is 2.24. The zero-order valence-electron chi connectivity index (χ0n) is 7.83. The minimum atomic E-state index is -0.486. The molecular weight excluding hydrogens is 172 g/mol. The lowest BCUT2D eigenvalue weighted by atomic mass is 9.81. The van der Waals surface area contributed by atoms with E-state index in [1.165, 1.54) is 11.8 Å². The molecule has 0 amide bonds. The monoisotopic (exact) mass is 188 g/mol. The summed E-state index contributed by atoms with van der Waals surface area (Å²) in [4.78, 5) is 11.3. The number of carbonyl (C=O) groups excluding carboxylic acids is 1. The Kier molecular flexibility index (Phi) is 2.84. The first-order chi connectivity index (χ1) is 5.43. The highest BCUT2D eigenvalue weighted by Gasteiger charge is 2.37. The lowest BCUT2D eigenvalue weighted by Crippen LogP contribution is -2.35. The molecule has 0 spiro atoms. The maximum absolute atomic E-state index is 11.3. The molecule has 2 nitrogen and oxygen atoms in total. The molecule has 1 saturated heterocycles. The number of aliphatic hydroxyl groups is 1. The van der Waals surface area contributed by atoms with Crippen molar-refractivity contribution in [3.63, 3.8) is 0 Å². The first-order valence-electron chi connectivity index (χ1n) is 4.27. The minimum Gasteiger partial charge on any atom is -0.392 e. The van der Waals surface area contributed by atoms with Crippen LogP contribution in [0, 0.1) is 11.3 Å². The molecule has 3 heteroatoms. The van der Waals surface area contributed by atoms with E-state index in [1.807, 2.05) is 20.8 Å². The molecule has 0 unspecified atom stereocenters. The maximum Gasteiger partial charge on any atom is 0.194 e. The number of thioether (sulfide) groups is 1. The summed E-state index contributed by atoms with van der Waals surface area (Å²) in [5, 5.41) is 9.99. The largest absolute Gasteiger partial charge is 0.392 e. The number of aliphatic hydroxyl groups excluding tert-OH is 1.